The summed E-state index contributed by atoms with van der Waals surface area (Å²) in [4.78, 5) is 0.461. The van der Waals surface area contributed by atoms with Crippen molar-refractivity contribution in [2.24, 2.45) is 5.92 Å². The van der Waals surface area contributed by atoms with Crippen LogP contribution in [0.15, 0.2) is 46.2 Å². The van der Waals surface area contributed by atoms with Gasteiger partial charge in [-0.1, -0.05) is 24.3 Å². The molecule has 2 bridgehead atoms. The summed E-state index contributed by atoms with van der Waals surface area (Å²) >= 11 is 0. The van der Waals surface area contributed by atoms with E-state index in [4.69, 9.17) is 4.74 Å². The number of sulfone groups is 1. The van der Waals surface area contributed by atoms with Gasteiger partial charge in [-0.3, -0.25) is 0 Å². The first-order chi connectivity index (χ1) is 9.10. The number of allylic oxidation sites excluding steroid dienone is 1. The third kappa shape index (κ3) is 2.12. The van der Waals surface area contributed by atoms with Crippen LogP contribution >= 0.6 is 0 Å². The fourth-order valence-electron chi connectivity index (χ4n) is 2.75. The van der Waals surface area contributed by atoms with Crippen LogP contribution in [0.5, 0.6) is 0 Å². The number of hydrogen-bond acceptors (Lipinski definition) is 4. The maximum Gasteiger partial charge on any atom is 0.205 e. The Hall–Kier alpha value is -1.17. The monoisotopic (exact) mass is 280 g/mol. The largest absolute Gasteiger partial charge is 0.390 e. The Labute approximate surface area is 112 Å². The highest BCUT2D eigenvalue weighted by atomic mass is 32.2. The molecular weight excluding hydrogens is 264 g/mol. The van der Waals surface area contributed by atoms with Crippen molar-refractivity contribution in [3.8, 4) is 0 Å². The Morgan fingerprint density at radius 2 is 1.95 bits per heavy atom. The molecule has 102 valence electrons. The van der Waals surface area contributed by atoms with Gasteiger partial charge in [0.2, 0.25) is 9.84 Å². The Morgan fingerprint density at radius 3 is 2.68 bits per heavy atom. The van der Waals surface area contributed by atoms with E-state index < -0.39 is 22.0 Å². The summed E-state index contributed by atoms with van der Waals surface area (Å²) in [5.41, 5.74) is 0. The van der Waals surface area contributed by atoms with E-state index in [1.165, 1.54) is 0 Å². The van der Waals surface area contributed by atoms with Crippen molar-refractivity contribution in [3.63, 3.8) is 0 Å². The van der Waals surface area contributed by atoms with Crippen LogP contribution < -0.4 is 0 Å². The van der Waals surface area contributed by atoms with Crippen LogP contribution in [0.2, 0.25) is 0 Å². The molecule has 2 aliphatic rings. The molecule has 0 aromatic heterocycles. The summed E-state index contributed by atoms with van der Waals surface area (Å²) in [5, 5.41) is 10.1. The Balaban J connectivity index is 2.02. The van der Waals surface area contributed by atoms with Gasteiger partial charge in [-0.05, 0) is 30.9 Å². The highest BCUT2D eigenvalue weighted by Crippen LogP contribution is 2.37. The zero-order valence-corrected chi connectivity index (χ0v) is 11.2. The molecule has 1 N–H and O–H groups in total. The average molecular weight is 280 g/mol. The van der Waals surface area contributed by atoms with Gasteiger partial charge in [-0.25, -0.2) is 8.42 Å². The lowest BCUT2D eigenvalue weighted by atomic mass is 9.85. The van der Waals surface area contributed by atoms with Crippen LogP contribution in [0, 0.1) is 5.92 Å². The van der Waals surface area contributed by atoms with Crippen LogP contribution in [-0.4, -0.2) is 32.3 Å². The van der Waals surface area contributed by atoms with Crippen molar-refractivity contribution >= 4 is 9.84 Å². The van der Waals surface area contributed by atoms with Crippen molar-refractivity contribution in [2.75, 3.05) is 6.61 Å². The number of fused-ring (bicyclic) bond motifs is 2. The van der Waals surface area contributed by atoms with E-state index in [-0.39, 0.29) is 15.7 Å². The second-order valence-corrected chi connectivity index (χ2v) is 6.94. The fourth-order valence-corrected chi connectivity index (χ4v) is 4.37. The van der Waals surface area contributed by atoms with Gasteiger partial charge < -0.3 is 9.84 Å². The molecule has 1 aromatic carbocycles. The van der Waals surface area contributed by atoms with Crippen molar-refractivity contribution in [3.05, 3.63) is 41.3 Å². The second kappa shape index (κ2) is 4.74. The Kier molecular flexibility index (Phi) is 3.20. The summed E-state index contributed by atoms with van der Waals surface area (Å²) in [6.07, 6.45) is 1.67. The summed E-state index contributed by atoms with van der Waals surface area (Å²) in [5.74, 6) is 0.119. The average Bonchev–Trinajstić information content (AvgIpc) is 2.39. The SMILES string of the molecule is O=S(=O)(C1=CCC2CCOC1C2O)c1ccccc1. The topological polar surface area (TPSA) is 63.6 Å². The first-order valence-corrected chi connectivity index (χ1v) is 7.89. The van der Waals surface area contributed by atoms with E-state index in [0.29, 0.717) is 13.0 Å². The molecule has 1 heterocycles. The lowest BCUT2D eigenvalue weighted by Crippen LogP contribution is -2.46. The first-order valence-electron chi connectivity index (χ1n) is 6.40. The molecule has 1 saturated heterocycles. The molecule has 0 spiro atoms. The van der Waals surface area contributed by atoms with Crippen molar-refractivity contribution in [1.29, 1.82) is 0 Å². The summed E-state index contributed by atoms with van der Waals surface area (Å²) in [6.45, 7) is 0.508. The fraction of sp³-hybridized carbons (Fsp3) is 0.429. The predicted octanol–water partition coefficient (Wildman–Crippen LogP) is 1.51. The molecule has 1 aliphatic heterocycles. The molecule has 1 aromatic rings. The van der Waals surface area contributed by atoms with Crippen molar-refractivity contribution in [2.45, 2.75) is 29.9 Å². The van der Waals surface area contributed by atoms with E-state index in [0.717, 1.165) is 6.42 Å². The van der Waals surface area contributed by atoms with Gasteiger partial charge in [-0.15, -0.1) is 0 Å². The molecule has 0 saturated carbocycles. The molecule has 1 fully saturated rings. The molecular formula is C14H16O4S. The predicted molar refractivity (Wildman–Crippen MR) is 70.2 cm³/mol. The molecule has 19 heavy (non-hydrogen) atoms. The zero-order valence-electron chi connectivity index (χ0n) is 10.4. The third-order valence-corrected chi connectivity index (χ3v) is 5.76. The minimum absolute atomic E-state index is 0.119. The Bertz CT molecular complexity index is 591. The van der Waals surface area contributed by atoms with E-state index >= 15 is 0 Å². The number of hydrogen-bond donors (Lipinski definition) is 1. The number of benzene rings is 1. The van der Waals surface area contributed by atoms with Crippen molar-refractivity contribution < 1.29 is 18.3 Å². The van der Waals surface area contributed by atoms with Gasteiger partial charge in [0.15, 0.2) is 0 Å². The summed E-state index contributed by atoms with van der Waals surface area (Å²) in [6, 6.07) is 8.29. The van der Waals surface area contributed by atoms with Crippen molar-refractivity contribution in [1.82, 2.24) is 0 Å². The molecule has 3 unspecified atom stereocenters. The van der Waals surface area contributed by atoms with Gasteiger partial charge >= 0.3 is 0 Å². The van der Waals surface area contributed by atoms with E-state index in [2.05, 4.69) is 0 Å². The standard InChI is InChI=1S/C14H16O4S/c15-13-10-6-7-12(14(13)18-9-8-10)19(16,17)11-4-2-1-3-5-11/h1-5,7,10,13-15H,6,8-9H2. The summed E-state index contributed by atoms with van der Waals surface area (Å²) in [7, 11) is -3.57. The van der Waals surface area contributed by atoms with E-state index in [9.17, 15) is 13.5 Å². The van der Waals surface area contributed by atoms with Crippen LogP contribution in [0.25, 0.3) is 0 Å². The van der Waals surface area contributed by atoms with E-state index in [1.807, 2.05) is 0 Å². The van der Waals surface area contributed by atoms with Crippen LogP contribution in [0.1, 0.15) is 12.8 Å². The normalized spacial score (nSPS) is 30.8. The smallest absolute Gasteiger partial charge is 0.205 e. The molecule has 5 heteroatoms. The Morgan fingerprint density at radius 1 is 1.21 bits per heavy atom. The van der Waals surface area contributed by atoms with Gasteiger partial charge in [0, 0.05) is 6.61 Å². The third-order valence-electron chi connectivity index (χ3n) is 3.85. The maximum absolute atomic E-state index is 12.6. The number of aliphatic hydroxyl groups excluding tert-OH is 1. The first kappa shape index (κ1) is 12.8. The highest BCUT2D eigenvalue weighted by Gasteiger charge is 2.42. The number of ether oxygens (including phenoxy) is 1. The molecule has 0 amide bonds. The molecule has 3 atom stereocenters. The molecule has 0 radical (unpaired) electrons. The minimum atomic E-state index is -3.57. The van der Waals surface area contributed by atoms with Gasteiger partial charge in [-0.2, -0.15) is 0 Å². The van der Waals surface area contributed by atoms with Gasteiger partial charge in [0.05, 0.1) is 15.9 Å². The number of rotatable bonds is 2. The lowest BCUT2D eigenvalue weighted by Gasteiger charge is -2.38. The van der Waals surface area contributed by atoms with Crippen LogP contribution in [0.4, 0.5) is 0 Å². The number of aliphatic hydroxyl groups is 1. The zero-order chi connectivity index (χ0) is 13.5. The molecule has 1 aliphatic carbocycles. The minimum Gasteiger partial charge on any atom is -0.390 e. The quantitative estimate of drug-likeness (QED) is 0.892. The van der Waals surface area contributed by atoms with Gasteiger partial charge in [0.25, 0.3) is 0 Å². The maximum atomic E-state index is 12.6. The highest BCUT2D eigenvalue weighted by molar-refractivity contribution is 7.95. The van der Waals surface area contributed by atoms with Gasteiger partial charge in [0.1, 0.15) is 6.10 Å². The second-order valence-electron chi connectivity index (χ2n) is 4.99. The van der Waals surface area contributed by atoms with Crippen LogP contribution in [0.3, 0.4) is 0 Å². The lowest BCUT2D eigenvalue weighted by molar-refractivity contribution is -0.0891. The van der Waals surface area contributed by atoms with Crippen LogP contribution in [-0.2, 0) is 14.6 Å². The van der Waals surface area contributed by atoms with E-state index in [1.54, 1.807) is 36.4 Å². The molecule has 3 rings (SSSR count). The summed E-state index contributed by atoms with van der Waals surface area (Å²) < 4.78 is 30.6. The molecule has 4 nitrogen and oxygen atoms in total.